The Hall–Kier alpha value is -0.610. The van der Waals surface area contributed by atoms with Gasteiger partial charge in [0.05, 0.1) is 5.41 Å². The minimum absolute atomic E-state index is 0.555. The van der Waals surface area contributed by atoms with E-state index >= 15 is 0 Å². The summed E-state index contributed by atoms with van der Waals surface area (Å²) in [6, 6.07) is 0. The zero-order chi connectivity index (χ0) is 14.5. The second kappa shape index (κ2) is 7.25. The first kappa shape index (κ1) is 16.4. The molecule has 0 aromatic heterocycles. The predicted molar refractivity (Wildman–Crippen MR) is 78.4 cm³/mol. The van der Waals surface area contributed by atoms with Crippen LogP contribution in [0.1, 0.15) is 40.5 Å². The molecular weight excluding hydrogens is 240 g/mol. The second-order valence-electron chi connectivity index (χ2n) is 6.26. The van der Waals surface area contributed by atoms with Crippen molar-refractivity contribution in [1.29, 1.82) is 0 Å². The number of carboxylic acids is 1. The van der Waals surface area contributed by atoms with Crippen LogP contribution in [0, 0.1) is 11.3 Å². The molecule has 0 amide bonds. The van der Waals surface area contributed by atoms with Crippen molar-refractivity contribution in [1.82, 2.24) is 9.80 Å². The quantitative estimate of drug-likeness (QED) is 0.770. The highest BCUT2D eigenvalue weighted by molar-refractivity contribution is 5.74. The van der Waals surface area contributed by atoms with E-state index in [2.05, 4.69) is 23.6 Å². The lowest BCUT2D eigenvalue weighted by molar-refractivity contribution is -0.151. The summed E-state index contributed by atoms with van der Waals surface area (Å²) >= 11 is 0. The summed E-state index contributed by atoms with van der Waals surface area (Å²) in [6.07, 6.45) is 1.43. The average molecular weight is 270 g/mol. The molecule has 19 heavy (non-hydrogen) atoms. The van der Waals surface area contributed by atoms with Crippen LogP contribution in [-0.4, -0.2) is 60.1 Å². The maximum absolute atomic E-state index is 11.5. The number of hydrogen-bond acceptors (Lipinski definition) is 3. The molecule has 1 aliphatic heterocycles. The zero-order valence-corrected chi connectivity index (χ0v) is 13.0. The summed E-state index contributed by atoms with van der Waals surface area (Å²) in [4.78, 5) is 16.3. The van der Waals surface area contributed by atoms with Crippen LogP contribution >= 0.6 is 0 Å². The molecule has 1 aliphatic rings. The average Bonchev–Trinajstić information content (AvgIpc) is 2.37. The van der Waals surface area contributed by atoms with Gasteiger partial charge in [0.1, 0.15) is 0 Å². The minimum atomic E-state index is -0.637. The summed E-state index contributed by atoms with van der Waals surface area (Å²) in [5.41, 5.74) is -0.555. The molecule has 1 rings (SSSR count). The van der Waals surface area contributed by atoms with Gasteiger partial charge < -0.3 is 10.0 Å². The van der Waals surface area contributed by atoms with Crippen molar-refractivity contribution in [3.8, 4) is 0 Å². The molecule has 1 saturated heterocycles. The van der Waals surface area contributed by atoms with Crippen molar-refractivity contribution in [3.05, 3.63) is 0 Å². The Balaban J connectivity index is 2.49. The van der Waals surface area contributed by atoms with Gasteiger partial charge in [0.25, 0.3) is 0 Å². The van der Waals surface area contributed by atoms with Gasteiger partial charge in [-0.15, -0.1) is 0 Å². The van der Waals surface area contributed by atoms with Crippen LogP contribution < -0.4 is 0 Å². The minimum Gasteiger partial charge on any atom is -0.481 e. The Morgan fingerprint density at radius 2 is 1.58 bits per heavy atom. The third kappa shape index (κ3) is 4.46. The molecule has 0 radical (unpaired) electrons. The van der Waals surface area contributed by atoms with Gasteiger partial charge in [-0.3, -0.25) is 9.69 Å². The number of piperazine rings is 1. The first-order chi connectivity index (χ1) is 8.93. The summed E-state index contributed by atoms with van der Waals surface area (Å²) in [5, 5.41) is 9.49. The number of rotatable bonds is 7. The van der Waals surface area contributed by atoms with E-state index in [1.54, 1.807) is 0 Å². The zero-order valence-electron chi connectivity index (χ0n) is 13.0. The highest BCUT2D eigenvalue weighted by atomic mass is 16.4. The smallest absolute Gasteiger partial charge is 0.310 e. The van der Waals surface area contributed by atoms with Crippen molar-refractivity contribution in [2.75, 3.05) is 39.3 Å². The van der Waals surface area contributed by atoms with Gasteiger partial charge in [0.15, 0.2) is 0 Å². The molecule has 0 aromatic carbocycles. The standard InChI is InChI=1S/C15H30N2O2/c1-5-15(6-2,14(18)19)12-17-9-7-16(8-10-17)11-13(3)4/h13H,5-12H2,1-4H3,(H,18,19). The van der Waals surface area contributed by atoms with Crippen molar-refractivity contribution in [2.24, 2.45) is 11.3 Å². The number of nitrogens with zero attached hydrogens (tertiary/aromatic N) is 2. The van der Waals surface area contributed by atoms with Crippen LogP contribution in [0.5, 0.6) is 0 Å². The van der Waals surface area contributed by atoms with E-state index in [1.807, 2.05) is 13.8 Å². The first-order valence-corrected chi connectivity index (χ1v) is 7.61. The van der Waals surface area contributed by atoms with Crippen LogP contribution in [-0.2, 0) is 4.79 Å². The van der Waals surface area contributed by atoms with Crippen LogP contribution in [0.15, 0.2) is 0 Å². The van der Waals surface area contributed by atoms with Gasteiger partial charge in [-0.1, -0.05) is 27.7 Å². The summed E-state index contributed by atoms with van der Waals surface area (Å²) in [5.74, 6) is 0.0676. The molecule has 0 spiro atoms. The summed E-state index contributed by atoms with van der Waals surface area (Å²) < 4.78 is 0. The fourth-order valence-corrected chi connectivity index (χ4v) is 2.92. The molecule has 1 N–H and O–H groups in total. The third-order valence-electron chi connectivity index (χ3n) is 4.42. The highest BCUT2D eigenvalue weighted by Crippen LogP contribution is 2.28. The molecular formula is C15H30N2O2. The lowest BCUT2D eigenvalue weighted by Gasteiger charge is -2.39. The fourth-order valence-electron chi connectivity index (χ4n) is 2.92. The summed E-state index contributed by atoms with van der Waals surface area (Å²) in [6.45, 7) is 14.5. The number of aliphatic carboxylic acids is 1. The predicted octanol–water partition coefficient (Wildman–Crippen LogP) is 2.15. The number of hydrogen-bond donors (Lipinski definition) is 1. The molecule has 0 atom stereocenters. The highest BCUT2D eigenvalue weighted by Gasteiger charge is 2.37. The first-order valence-electron chi connectivity index (χ1n) is 7.61. The number of carboxylic acid groups (broad SMARTS) is 1. The van der Waals surface area contributed by atoms with E-state index in [1.165, 1.54) is 0 Å². The monoisotopic (exact) mass is 270 g/mol. The molecule has 4 heteroatoms. The fraction of sp³-hybridized carbons (Fsp3) is 0.933. The van der Waals surface area contributed by atoms with Crippen LogP contribution in [0.25, 0.3) is 0 Å². The van der Waals surface area contributed by atoms with Gasteiger partial charge in [0.2, 0.25) is 0 Å². The Kier molecular flexibility index (Phi) is 6.27. The Labute approximate surface area is 117 Å². The van der Waals surface area contributed by atoms with Crippen molar-refractivity contribution < 1.29 is 9.90 Å². The van der Waals surface area contributed by atoms with E-state index < -0.39 is 11.4 Å². The van der Waals surface area contributed by atoms with Gasteiger partial charge in [-0.2, -0.15) is 0 Å². The van der Waals surface area contributed by atoms with E-state index in [4.69, 9.17) is 0 Å². The van der Waals surface area contributed by atoms with Crippen LogP contribution in [0.3, 0.4) is 0 Å². The van der Waals surface area contributed by atoms with Crippen LogP contribution in [0.4, 0.5) is 0 Å². The molecule has 1 fully saturated rings. The molecule has 0 unspecified atom stereocenters. The largest absolute Gasteiger partial charge is 0.481 e. The van der Waals surface area contributed by atoms with Gasteiger partial charge in [-0.05, 0) is 18.8 Å². The van der Waals surface area contributed by atoms with Crippen LogP contribution in [0.2, 0.25) is 0 Å². The SMILES string of the molecule is CCC(CC)(CN1CCN(CC(C)C)CC1)C(=O)O. The van der Waals surface area contributed by atoms with E-state index in [-0.39, 0.29) is 0 Å². The maximum atomic E-state index is 11.5. The lowest BCUT2D eigenvalue weighted by atomic mass is 9.81. The number of carbonyl (C=O) groups is 1. The molecule has 0 saturated carbocycles. The molecule has 1 heterocycles. The molecule has 4 nitrogen and oxygen atoms in total. The maximum Gasteiger partial charge on any atom is 0.310 e. The Morgan fingerprint density at radius 1 is 1.11 bits per heavy atom. The van der Waals surface area contributed by atoms with Crippen molar-refractivity contribution >= 4 is 5.97 Å². The summed E-state index contributed by atoms with van der Waals surface area (Å²) in [7, 11) is 0. The molecule has 0 aliphatic carbocycles. The van der Waals surface area contributed by atoms with Gasteiger partial charge in [-0.25, -0.2) is 0 Å². The third-order valence-corrected chi connectivity index (χ3v) is 4.42. The van der Waals surface area contributed by atoms with E-state index in [9.17, 15) is 9.90 Å². The Morgan fingerprint density at radius 3 is 1.95 bits per heavy atom. The van der Waals surface area contributed by atoms with E-state index in [0.29, 0.717) is 25.3 Å². The second-order valence-corrected chi connectivity index (χ2v) is 6.26. The van der Waals surface area contributed by atoms with Crippen molar-refractivity contribution in [2.45, 2.75) is 40.5 Å². The molecule has 0 bridgehead atoms. The van der Waals surface area contributed by atoms with E-state index in [0.717, 1.165) is 32.7 Å². The molecule has 112 valence electrons. The van der Waals surface area contributed by atoms with Gasteiger partial charge in [0, 0.05) is 39.3 Å². The normalized spacial score (nSPS) is 19.0. The lowest BCUT2D eigenvalue weighted by Crippen LogP contribution is -2.52. The van der Waals surface area contributed by atoms with Crippen molar-refractivity contribution in [3.63, 3.8) is 0 Å². The topological polar surface area (TPSA) is 43.8 Å². The van der Waals surface area contributed by atoms with Gasteiger partial charge >= 0.3 is 5.97 Å². The Bertz CT molecular complexity index is 280. The molecule has 0 aromatic rings.